The minimum absolute atomic E-state index is 0.940. The maximum atomic E-state index is 4.44. The van der Waals surface area contributed by atoms with E-state index >= 15 is 0 Å². The number of H-pyrrole nitrogens is 1. The molecule has 0 spiro atoms. The van der Waals surface area contributed by atoms with Crippen LogP contribution in [0.5, 0.6) is 0 Å². The summed E-state index contributed by atoms with van der Waals surface area (Å²) in [6.45, 7) is 4.24. The van der Waals surface area contributed by atoms with Crippen molar-refractivity contribution in [3.8, 4) is 0 Å². The highest BCUT2D eigenvalue weighted by Gasteiger charge is 2.07. The predicted octanol–water partition coefficient (Wildman–Crippen LogP) is 5.79. The van der Waals surface area contributed by atoms with Crippen LogP contribution in [0.15, 0.2) is 85.4 Å². The summed E-state index contributed by atoms with van der Waals surface area (Å²) in [4.78, 5) is 0. The molecule has 3 aromatic carbocycles. The number of hydrogen-bond donors (Lipinski definition) is 1. The van der Waals surface area contributed by atoms with E-state index in [2.05, 4.69) is 65.3 Å². The van der Waals surface area contributed by atoms with E-state index in [-0.39, 0.29) is 0 Å². The van der Waals surface area contributed by atoms with Crippen LogP contribution in [0.2, 0.25) is 0 Å². The summed E-state index contributed by atoms with van der Waals surface area (Å²) >= 11 is 0. The zero-order chi connectivity index (χ0) is 17.1. The Balaban J connectivity index is 1.65. The Labute approximate surface area is 147 Å². The van der Waals surface area contributed by atoms with Crippen LogP contribution < -0.4 is 0 Å². The molecule has 0 saturated carbocycles. The second kappa shape index (κ2) is 6.62. The Bertz CT molecular complexity index is 1040. The van der Waals surface area contributed by atoms with Crippen molar-refractivity contribution in [3.05, 3.63) is 108 Å². The largest absolute Gasteiger partial charge is 0.277 e. The van der Waals surface area contributed by atoms with Crippen molar-refractivity contribution in [3.63, 3.8) is 0 Å². The van der Waals surface area contributed by atoms with Crippen molar-refractivity contribution in [2.45, 2.75) is 0 Å². The van der Waals surface area contributed by atoms with E-state index in [4.69, 9.17) is 0 Å². The van der Waals surface area contributed by atoms with Gasteiger partial charge in [0.05, 0.1) is 11.2 Å². The molecule has 0 aliphatic heterocycles. The van der Waals surface area contributed by atoms with Crippen molar-refractivity contribution in [2.24, 2.45) is 0 Å². The molecule has 25 heavy (non-hydrogen) atoms. The summed E-state index contributed by atoms with van der Waals surface area (Å²) < 4.78 is 0. The molecular formula is C23H18N2. The maximum absolute atomic E-state index is 4.44. The molecule has 0 fully saturated rings. The number of rotatable bonds is 4. The van der Waals surface area contributed by atoms with Crippen LogP contribution >= 0.6 is 0 Å². The first kappa shape index (κ1) is 15.2. The van der Waals surface area contributed by atoms with Gasteiger partial charge >= 0.3 is 0 Å². The van der Waals surface area contributed by atoms with E-state index in [1.165, 1.54) is 0 Å². The molecule has 0 aliphatic rings. The van der Waals surface area contributed by atoms with Crippen LogP contribution in [0.4, 0.5) is 0 Å². The normalized spacial score (nSPS) is 11.2. The monoisotopic (exact) mass is 322 g/mol. The minimum Gasteiger partial charge on any atom is -0.277 e. The third-order valence-corrected chi connectivity index (χ3v) is 4.30. The van der Waals surface area contributed by atoms with Gasteiger partial charge in [0, 0.05) is 5.39 Å². The average molecular weight is 322 g/mol. The molecule has 0 unspecified atom stereocenters. The number of aromatic nitrogens is 2. The van der Waals surface area contributed by atoms with Gasteiger partial charge in [0.25, 0.3) is 0 Å². The van der Waals surface area contributed by atoms with Gasteiger partial charge < -0.3 is 0 Å². The van der Waals surface area contributed by atoms with E-state index in [0.29, 0.717) is 0 Å². The SMILES string of the molecule is C=C(c1ccccc1)c1ccc2c(C=Cc3ccccc3)n[nH]c2c1. The highest BCUT2D eigenvalue weighted by atomic mass is 15.1. The van der Waals surface area contributed by atoms with Crippen LogP contribution in [0, 0.1) is 0 Å². The van der Waals surface area contributed by atoms with Crippen molar-refractivity contribution in [1.29, 1.82) is 0 Å². The zero-order valence-corrected chi connectivity index (χ0v) is 13.8. The molecule has 1 heterocycles. The summed E-state index contributed by atoms with van der Waals surface area (Å²) in [7, 11) is 0. The van der Waals surface area contributed by atoms with E-state index in [0.717, 1.165) is 38.9 Å². The Morgan fingerprint density at radius 1 is 0.800 bits per heavy atom. The van der Waals surface area contributed by atoms with Crippen LogP contribution in [0.25, 0.3) is 28.6 Å². The van der Waals surface area contributed by atoms with Gasteiger partial charge in [0.1, 0.15) is 0 Å². The van der Waals surface area contributed by atoms with Gasteiger partial charge in [-0.05, 0) is 40.5 Å². The lowest BCUT2D eigenvalue weighted by Gasteiger charge is -2.06. The zero-order valence-electron chi connectivity index (χ0n) is 13.8. The average Bonchev–Trinajstić information content (AvgIpc) is 3.09. The van der Waals surface area contributed by atoms with Crippen LogP contribution in [-0.2, 0) is 0 Å². The van der Waals surface area contributed by atoms with E-state index in [9.17, 15) is 0 Å². The highest BCUT2D eigenvalue weighted by Crippen LogP contribution is 2.26. The van der Waals surface area contributed by atoms with Crippen molar-refractivity contribution in [1.82, 2.24) is 10.2 Å². The van der Waals surface area contributed by atoms with Gasteiger partial charge in [-0.3, -0.25) is 5.10 Å². The third-order valence-electron chi connectivity index (χ3n) is 4.30. The van der Waals surface area contributed by atoms with Crippen LogP contribution in [0.1, 0.15) is 22.4 Å². The second-order valence-corrected chi connectivity index (χ2v) is 5.96. The van der Waals surface area contributed by atoms with Gasteiger partial charge in [0.2, 0.25) is 0 Å². The van der Waals surface area contributed by atoms with Crippen LogP contribution in [0.3, 0.4) is 0 Å². The lowest BCUT2D eigenvalue weighted by molar-refractivity contribution is 1.11. The van der Waals surface area contributed by atoms with Crippen molar-refractivity contribution in [2.75, 3.05) is 0 Å². The number of benzene rings is 3. The topological polar surface area (TPSA) is 28.7 Å². The van der Waals surface area contributed by atoms with E-state index in [1.54, 1.807) is 0 Å². The molecule has 0 aliphatic carbocycles. The number of nitrogens with zero attached hydrogens (tertiary/aromatic N) is 1. The summed E-state index contributed by atoms with van der Waals surface area (Å²) in [5, 5.41) is 8.68. The molecule has 1 aromatic heterocycles. The Kier molecular flexibility index (Phi) is 4.01. The molecule has 1 N–H and O–H groups in total. The molecule has 0 bridgehead atoms. The summed E-state index contributed by atoms with van der Waals surface area (Å²) in [6.07, 6.45) is 4.12. The summed E-state index contributed by atoms with van der Waals surface area (Å²) in [6, 6.07) is 26.8. The molecule has 2 nitrogen and oxygen atoms in total. The van der Waals surface area contributed by atoms with Crippen molar-refractivity contribution < 1.29 is 0 Å². The highest BCUT2D eigenvalue weighted by molar-refractivity contribution is 5.92. The third kappa shape index (κ3) is 3.15. The van der Waals surface area contributed by atoms with Gasteiger partial charge in [-0.2, -0.15) is 5.10 Å². The van der Waals surface area contributed by atoms with Gasteiger partial charge in [-0.25, -0.2) is 0 Å². The van der Waals surface area contributed by atoms with Gasteiger partial charge in [-0.1, -0.05) is 79.4 Å². The minimum atomic E-state index is 0.940. The first-order valence-electron chi connectivity index (χ1n) is 8.27. The molecular weight excluding hydrogens is 304 g/mol. The second-order valence-electron chi connectivity index (χ2n) is 5.96. The Morgan fingerprint density at radius 2 is 1.52 bits per heavy atom. The number of fused-ring (bicyclic) bond motifs is 1. The fourth-order valence-electron chi connectivity index (χ4n) is 2.90. The summed E-state index contributed by atoms with van der Waals surface area (Å²) in [5.41, 5.74) is 6.36. The smallest absolute Gasteiger partial charge is 0.0927 e. The molecule has 4 aromatic rings. The summed E-state index contributed by atoms with van der Waals surface area (Å²) in [5.74, 6) is 0. The first-order chi connectivity index (χ1) is 12.3. The number of hydrogen-bond acceptors (Lipinski definition) is 1. The first-order valence-corrected chi connectivity index (χ1v) is 8.27. The van der Waals surface area contributed by atoms with Gasteiger partial charge in [0.15, 0.2) is 0 Å². The van der Waals surface area contributed by atoms with E-state index in [1.807, 2.05) is 42.5 Å². The number of aromatic amines is 1. The maximum Gasteiger partial charge on any atom is 0.0927 e. The fourth-order valence-corrected chi connectivity index (χ4v) is 2.90. The Morgan fingerprint density at radius 3 is 2.28 bits per heavy atom. The fraction of sp³-hybridized carbons (Fsp3) is 0. The molecule has 0 amide bonds. The molecule has 120 valence electrons. The molecule has 2 heteroatoms. The van der Waals surface area contributed by atoms with Crippen LogP contribution in [-0.4, -0.2) is 10.2 Å². The number of nitrogens with one attached hydrogen (secondary N) is 1. The van der Waals surface area contributed by atoms with E-state index < -0.39 is 0 Å². The quantitative estimate of drug-likeness (QED) is 0.506. The molecule has 0 atom stereocenters. The lowest BCUT2D eigenvalue weighted by atomic mass is 9.98. The molecule has 0 radical (unpaired) electrons. The molecule has 4 rings (SSSR count). The lowest BCUT2D eigenvalue weighted by Crippen LogP contribution is -1.85. The van der Waals surface area contributed by atoms with Crippen molar-refractivity contribution >= 4 is 28.6 Å². The predicted molar refractivity (Wildman–Crippen MR) is 106 cm³/mol. The standard InChI is InChI=1S/C23H18N2/c1-17(19-10-6-3-7-11-19)20-13-14-21-22(24-25-23(21)16-20)15-12-18-8-4-2-5-9-18/h2-16H,1H2,(H,24,25). The van der Waals surface area contributed by atoms with Gasteiger partial charge in [-0.15, -0.1) is 0 Å². The molecule has 0 saturated heterocycles. The Hall–Kier alpha value is -3.39.